The van der Waals surface area contributed by atoms with E-state index >= 15 is 0 Å². The fraction of sp³-hybridized carbons (Fsp3) is 0.238. The maximum absolute atomic E-state index is 12.1. The Kier molecular flexibility index (Phi) is 7.28. The van der Waals surface area contributed by atoms with Crippen LogP contribution in [0, 0.1) is 18.3 Å². The summed E-state index contributed by atoms with van der Waals surface area (Å²) in [5.41, 5.74) is 4.37. The van der Waals surface area contributed by atoms with Crippen molar-refractivity contribution in [1.82, 2.24) is 0 Å². The van der Waals surface area contributed by atoms with Crippen LogP contribution in [0.4, 0.5) is 0 Å². The second-order valence-corrected chi connectivity index (χ2v) is 5.85. The highest BCUT2D eigenvalue weighted by Gasteiger charge is 2.20. The van der Waals surface area contributed by atoms with Crippen LogP contribution in [0.15, 0.2) is 52.8 Å². The Hall–Kier alpha value is -3.66. The zero-order chi connectivity index (χ0) is 20.5. The zero-order valence-electron chi connectivity index (χ0n) is 16.2. The summed E-state index contributed by atoms with van der Waals surface area (Å²) >= 11 is 0. The van der Waals surface area contributed by atoms with Crippen molar-refractivity contribution in [2.24, 2.45) is 10.3 Å². The number of nitriles is 1. The van der Waals surface area contributed by atoms with Gasteiger partial charge in [-0.3, -0.25) is 0 Å². The fourth-order valence-corrected chi connectivity index (χ4v) is 2.53. The third-order valence-corrected chi connectivity index (χ3v) is 4.07. The van der Waals surface area contributed by atoms with Crippen LogP contribution in [0.3, 0.4) is 0 Å². The first-order chi connectivity index (χ1) is 13.5. The summed E-state index contributed by atoms with van der Waals surface area (Å²) in [6.07, 6.45) is 0. The highest BCUT2D eigenvalue weighted by Crippen LogP contribution is 2.18. The minimum absolute atomic E-state index is 0.0556. The molecule has 0 spiro atoms. The normalized spacial score (nSPS) is 11.5. The van der Waals surface area contributed by atoms with Crippen LogP contribution in [-0.2, 0) is 25.8 Å². The van der Waals surface area contributed by atoms with E-state index in [2.05, 4.69) is 16.4 Å². The number of nitrogens with zero attached hydrogens (tertiary/aromatic N) is 3. The first-order valence-corrected chi connectivity index (χ1v) is 8.47. The molecule has 7 heteroatoms. The highest BCUT2D eigenvalue weighted by molar-refractivity contribution is 6.43. The Labute approximate surface area is 163 Å². The molecular formula is C21H21N3O4. The van der Waals surface area contributed by atoms with Crippen molar-refractivity contribution in [1.29, 1.82) is 5.26 Å². The number of oxime groups is 2. The van der Waals surface area contributed by atoms with Crippen molar-refractivity contribution in [3.8, 4) is 6.07 Å². The van der Waals surface area contributed by atoms with Gasteiger partial charge in [-0.2, -0.15) is 5.26 Å². The molecule has 0 saturated carbocycles. The second kappa shape index (κ2) is 9.88. The quantitative estimate of drug-likeness (QED) is 0.418. The molecule has 0 atom stereocenters. The van der Waals surface area contributed by atoms with E-state index in [0.717, 1.165) is 16.7 Å². The van der Waals surface area contributed by atoms with Gasteiger partial charge in [0.05, 0.1) is 24.5 Å². The lowest BCUT2D eigenvalue weighted by Gasteiger charge is -2.12. The lowest BCUT2D eigenvalue weighted by atomic mass is 9.99. The summed E-state index contributed by atoms with van der Waals surface area (Å²) in [6, 6.07) is 14.6. The minimum atomic E-state index is -0.606. The molecule has 0 amide bonds. The molecule has 0 aromatic heterocycles. The topological polar surface area (TPSA) is 93.3 Å². The van der Waals surface area contributed by atoms with E-state index in [4.69, 9.17) is 19.7 Å². The molecule has 0 saturated heterocycles. The molecule has 28 heavy (non-hydrogen) atoms. The van der Waals surface area contributed by atoms with Crippen molar-refractivity contribution in [3.05, 3.63) is 70.3 Å². The number of rotatable bonds is 7. The van der Waals surface area contributed by atoms with Crippen LogP contribution in [0.1, 0.15) is 34.7 Å². The molecule has 0 unspecified atom stereocenters. The summed E-state index contributed by atoms with van der Waals surface area (Å²) in [6.45, 7) is 3.85. The number of hydrogen-bond donors (Lipinski definition) is 0. The molecule has 2 rings (SSSR count). The van der Waals surface area contributed by atoms with Crippen molar-refractivity contribution < 1.29 is 19.2 Å². The molecule has 0 radical (unpaired) electrons. The van der Waals surface area contributed by atoms with Gasteiger partial charge in [0.2, 0.25) is 0 Å². The van der Waals surface area contributed by atoms with Crippen molar-refractivity contribution in [2.45, 2.75) is 20.5 Å². The Balaban J connectivity index is 2.25. The molecular weight excluding hydrogens is 358 g/mol. The van der Waals surface area contributed by atoms with Gasteiger partial charge in [-0.05, 0) is 37.1 Å². The molecule has 0 heterocycles. The number of carbonyl (C=O) groups excluding carboxylic acids is 1. The average molecular weight is 379 g/mol. The minimum Gasteiger partial charge on any atom is -0.464 e. The van der Waals surface area contributed by atoms with Gasteiger partial charge in [-0.1, -0.05) is 40.6 Å². The number of hydrogen-bond acceptors (Lipinski definition) is 7. The number of carbonyl (C=O) groups is 1. The van der Waals surface area contributed by atoms with Crippen molar-refractivity contribution >= 4 is 17.4 Å². The molecule has 144 valence electrons. The largest absolute Gasteiger partial charge is 0.464 e. The van der Waals surface area contributed by atoms with Crippen LogP contribution in [-0.4, -0.2) is 31.6 Å². The first-order valence-electron chi connectivity index (χ1n) is 8.47. The summed E-state index contributed by atoms with van der Waals surface area (Å²) < 4.78 is 4.79. The molecule has 7 nitrogen and oxygen atoms in total. The summed E-state index contributed by atoms with van der Waals surface area (Å²) in [7, 11) is 2.64. The van der Waals surface area contributed by atoms with Gasteiger partial charge in [-0.15, -0.1) is 0 Å². The van der Waals surface area contributed by atoms with Gasteiger partial charge in [0.15, 0.2) is 5.71 Å². The lowest BCUT2D eigenvalue weighted by molar-refractivity contribution is -0.132. The van der Waals surface area contributed by atoms with Gasteiger partial charge in [-0.25, -0.2) is 4.79 Å². The Morgan fingerprint density at radius 2 is 1.82 bits per heavy atom. The maximum Gasteiger partial charge on any atom is 0.360 e. The van der Waals surface area contributed by atoms with E-state index in [0.29, 0.717) is 16.8 Å². The van der Waals surface area contributed by atoms with E-state index in [1.807, 2.05) is 26.0 Å². The van der Waals surface area contributed by atoms with Crippen LogP contribution in [0.25, 0.3) is 0 Å². The summed E-state index contributed by atoms with van der Waals surface area (Å²) in [5, 5.41) is 16.8. The predicted octanol–water partition coefficient (Wildman–Crippen LogP) is 3.33. The maximum atomic E-state index is 12.1. The standard InChI is InChI=1S/C21H21N3O4/c1-14-6-5-7-18(20(24-27-4)21(25)26-3)19(14)13-28-23-15(2)17-10-8-16(12-22)9-11-17/h5-11H,13H2,1-4H3/b23-15+,24-20+. The monoisotopic (exact) mass is 379 g/mol. The van der Waals surface area contributed by atoms with Gasteiger partial charge in [0.1, 0.15) is 13.7 Å². The van der Waals surface area contributed by atoms with Crippen LogP contribution in [0.2, 0.25) is 0 Å². The van der Waals surface area contributed by atoms with Crippen LogP contribution < -0.4 is 0 Å². The van der Waals surface area contributed by atoms with E-state index in [1.165, 1.54) is 14.2 Å². The molecule has 0 aliphatic carbocycles. The number of benzene rings is 2. The van der Waals surface area contributed by atoms with Crippen molar-refractivity contribution in [3.63, 3.8) is 0 Å². The molecule has 0 N–H and O–H groups in total. The van der Waals surface area contributed by atoms with Gasteiger partial charge in [0, 0.05) is 11.1 Å². The Morgan fingerprint density at radius 3 is 2.43 bits per heavy atom. The van der Waals surface area contributed by atoms with Crippen LogP contribution in [0.5, 0.6) is 0 Å². The Bertz CT molecular complexity index is 941. The highest BCUT2D eigenvalue weighted by atomic mass is 16.6. The molecule has 2 aromatic rings. The van der Waals surface area contributed by atoms with E-state index in [-0.39, 0.29) is 12.3 Å². The molecule has 2 aromatic carbocycles. The fourth-order valence-electron chi connectivity index (χ4n) is 2.53. The number of esters is 1. The smallest absolute Gasteiger partial charge is 0.360 e. The first kappa shape index (κ1) is 20.6. The summed E-state index contributed by atoms with van der Waals surface area (Å²) in [4.78, 5) is 22.4. The van der Waals surface area contributed by atoms with Gasteiger partial charge >= 0.3 is 5.97 Å². The van der Waals surface area contributed by atoms with E-state index in [1.54, 1.807) is 30.3 Å². The third kappa shape index (κ3) is 4.95. The van der Waals surface area contributed by atoms with Crippen LogP contribution >= 0.6 is 0 Å². The zero-order valence-corrected chi connectivity index (χ0v) is 16.2. The van der Waals surface area contributed by atoms with Crippen molar-refractivity contribution in [2.75, 3.05) is 14.2 Å². The lowest BCUT2D eigenvalue weighted by Crippen LogP contribution is -2.20. The second-order valence-electron chi connectivity index (χ2n) is 5.85. The number of aryl methyl sites for hydroxylation is 1. The number of methoxy groups -OCH3 is 1. The average Bonchev–Trinajstić information content (AvgIpc) is 2.72. The van der Waals surface area contributed by atoms with E-state index < -0.39 is 5.97 Å². The van der Waals surface area contributed by atoms with Gasteiger partial charge in [0.25, 0.3) is 0 Å². The van der Waals surface area contributed by atoms with E-state index in [9.17, 15) is 4.79 Å². The summed E-state index contributed by atoms with van der Waals surface area (Å²) in [5.74, 6) is -0.606. The van der Waals surface area contributed by atoms with Gasteiger partial charge < -0.3 is 14.4 Å². The predicted molar refractivity (Wildman–Crippen MR) is 105 cm³/mol. The Morgan fingerprint density at radius 1 is 1.11 bits per heavy atom. The number of ether oxygens (including phenoxy) is 1. The molecule has 0 aliphatic heterocycles. The molecule has 0 fully saturated rings. The third-order valence-electron chi connectivity index (χ3n) is 4.07. The molecule has 0 aliphatic rings. The SMILES string of the molecule is CO/N=C(/C(=O)OC)c1cccc(C)c1CO/N=C(\C)c1ccc(C#N)cc1. The molecule has 0 bridgehead atoms.